The van der Waals surface area contributed by atoms with Gasteiger partial charge >= 0.3 is 5.97 Å². The predicted molar refractivity (Wildman–Crippen MR) is 343 cm³/mol. The number of ether oxygens (including phenoxy) is 1. The molecule has 2 unspecified atom stereocenters. The Labute approximate surface area is 487 Å². The van der Waals surface area contributed by atoms with Crippen LogP contribution in [0.3, 0.4) is 0 Å². The van der Waals surface area contributed by atoms with E-state index in [-0.39, 0.29) is 18.5 Å². The van der Waals surface area contributed by atoms with Gasteiger partial charge in [-0.1, -0.05) is 326 Å². The van der Waals surface area contributed by atoms with Crippen molar-refractivity contribution in [2.75, 3.05) is 13.2 Å². The lowest BCUT2D eigenvalue weighted by atomic mass is 10.0. The van der Waals surface area contributed by atoms with Crippen LogP contribution in [0.25, 0.3) is 0 Å². The quantitative estimate of drug-likeness (QED) is 0.0320. The van der Waals surface area contributed by atoms with Crippen LogP contribution in [0, 0.1) is 0 Å². The number of unbranched alkanes of at least 4 members (excludes halogenated alkanes) is 49. The number of hydrogen-bond acceptors (Lipinski definition) is 5. The van der Waals surface area contributed by atoms with E-state index in [2.05, 4.69) is 55.6 Å². The number of carbonyl (C=O) groups is 2. The summed E-state index contributed by atoms with van der Waals surface area (Å²) in [4.78, 5) is 24.7. The van der Waals surface area contributed by atoms with Crippen LogP contribution in [0.2, 0.25) is 0 Å². The van der Waals surface area contributed by atoms with E-state index >= 15 is 0 Å². The molecule has 0 saturated heterocycles. The summed E-state index contributed by atoms with van der Waals surface area (Å²) in [5, 5.41) is 23.4. The zero-order chi connectivity index (χ0) is 56.4. The number of carbonyl (C=O) groups excluding carboxylic acids is 2. The van der Waals surface area contributed by atoms with Crippen LogP contribution in [0.5, 0.6) is 0 Å². The van der Waals surface area contributed by atoms with E-state index in [0.29, 0.717) is 25.9 Å². The maximum Gasteiger partial charge on any atom is 0.305 e. The van der Waals surface area contributed by atoms with Gasteiger partial charge in [0.05, 0.1) is 25.4 Å². The van der Waals surface area contributed by atoms with Crippen molar-refractivity contribution >= 4 is 11.9 Å². The Morgan fingerprint density at radius 1 is 0.359 bits per heavy atom. The van der Waals surface area contributed by atoms with E-state index in [0.717, 1.165) is 51.4 Å². The fourth-order valence-corrected chi connectivity index (χ4v) is 11.0. The molecule has 0 aromatic heterocycles. The first-order valence-electron chi connectivity index (χ1n) is 35.2. The van der Waals surface area contributed by atoms with E-state index in [1.54, 1.807) is 0 Å². The molecular formula is C72H137NO5. The maximum atomic E-state index is 12.5. The van der Waals surface area contributed by atoms with Crippen molar-refractivity contribution in [1.82, 2.24) is 5.32 Å². The lowest BCUT2D eigenvalue weighted by Gasteiger charge is -2.22. The monoisotopic (exact) mass is 1100 g/mol. The zero-order valence-corrected chi connectivity index (χ0v) is 52.7. The van der Waals surface area contributed by atoms with Gasteiger partial charge in [-0.3, -0.25) is 9.59 Å². The summed E-state index contributed by atoms with van der Waals surface area (Å²) in [5.74, 6) is -0.0402. The second-order valence-electron chi connectivity index (χ2n) is 24.2. The van der Waals surface area contributed by atoms with Crippen LogP contribution < -0.4 is 5.32 Å². The third kappa shape index (κ3) is 63.3. The molecule has 0 bridgehead atoms. The minimum absolute atomic E-state index is 0.000304. The number of nitrogens with one attached hydrogen (secondary N) is 1. The van der Waals surface area contributed by atoms with Gasteiger partial charge in [-0.2, -0.15) is 0 Å². The smallest absolute Gasteiger partial charge is 0.305 e. The number of esters is 1. The van der Waals surface area contributed by atoms with Crippen LogP contribution >= 0.6 is 0 Å². The molecule has 0 aliphatic heterocycles. The Morgan fingerprint density at radius 2 is 0.641 bits per heavy atom. The van der Waals surface area contributed by atoms with E-state index in [1.807, 2.05) is 0 Å². The molecule has 78 heavy (non-hydrogen) atoms. The van der Waals surface area contributed by atoms with E-state index in [9.17, 15) is 19.8 Å². The third-order valence-corrected chi connectivity index (χ3v) is 16.4. The molecule has 2 atom stereocenters. The Hall–Kier alpha value is -1.92. The van der Waals surface area contributed by atoms with Crippen molar-refractivity contribution in [3.63, 3.8) is 0 Å². The molecule has 0 aromatic carbocycles. The molecule has 6 heteroatoms. The number of allylic oxidation sites excluding steroid dienone is 6. The second-order valence-corrected chi connectivity index (χ2v) is 24.2. The molecule has 0 rings (SSSR count). The fraction of sp³-hybridized carbons (Fsp3) is 0.889. The predicted octanol–water partition coefficient (Wildman–Crippen LogP) is 22.7. The van der Waals surface area contributed by atoms with Gasteiger partial charge in [-0.25, -0.2) is 0 Å². The number of amides is 1. The highest BCUT2D eigenvalue weighted by molar-refractivity contribution is 5.76. The third-order valence-electron chi connectivity index (χ3n) is 16.4. The largest absolute Gasteiger partial charge is 0.466 e. The van der Waals surface area contributed by atoms with Crippen molar-refractivity contribution in [2.45, 2.75) is 398 Å². The molecule has 6 nitrogen and oxygen atoms in total. The second kappa shape index (κ2) is 67.6. The highest BCUT2D eigenvalue weighted by atomic mass is 16.5. The normalized spacial score (nSPS) is 12.7. The first kappa shape index (κ1) is 76.1. The van der Waals surface area contributed by atoms with Crippen molar-refractivity contribution < 1.29 is 24.5 Å². The summed E-state index contributed by atoms with van der Waals surface area (Å²) in [5.41, 5.74) is 0. The summed E-state index contributed by atoms with van der Waals surface area (Å²) >= 11 is 0. The van der Waals surface area contributed by atoms with Gasteiger partial charge < -0.3 is 20.3 Å². The first-order valence-corrected chi connectivity index (χ1v) is 35.2. The SMILES string of the molecule is CCCCCC/C=C\C/C=C\CCCCCCCCCC(=O)OCCCCCCCCCCC/C=C\CCCCCCCCCC(=O)NC(CO)C(O)CCCCCCCCCCCCCCCCCCCCCCCCC. The van der Waals surface area contributed by atoms with Crippen molar-refractivity contribution in [1.29, 1.82) is 0 Å². The maximum absolute atomic E-state index is 12.5. The Morgan fingerprint density at radius 3 is 1.00 bits per heavy atom. The van der Waals surface area contributed by atoms with Gasteiger partial charge in [-0.05, 0) is 83.5 Å². The topological polar surface area (TPSA) is 95.9 Å². The van der Waals surface area contributed by atoms with E-state index in [1.165, 1.54) is 302 Å². The molecule has 0 fully saturated rings. The molecule has 1 amide bonds. The lowest BCUT2D eigenvalue weighted by molar-refractivity contribution is -0.143. The molecule has 0 saturated carbocycles. The molecule has 0 aromatic rings. The van der Waals surface area contributed by atoms with Crippen LogP contribution in [0.4, 0.5) is 0 Å². The van der Waals surface area contributed by atoms with Crippen LogP contribution in [0.15, 0.2) is 36.5 Å². The molecule has 0 aliphatic rings. The average Bonchev–Trinajstić information content (AvgIpc) is 3.44. The Kier molecular flexibility index (Phi) is 65.9. The summed E-state index contributed by atoms with van der Waals surface area (Å²) < 4.78 is 5.49. The number of hydrogen-bond donors (Lipinski definition) is 3. The van der Waals surface area contributed by atoms with Gasteiger partial charge in [0.15, 0.2) is 0 Å². The fourth-order valence-electron chi connectivity index (χ4n) is 11.0. The number of aliphatic hydroxyl groups excluding tert-OH is 2. The lowest BCUT2D eigenvalue weighted by Crippen LogP contribution is -2.45. The molecule has 3 N–H and O–H groups in total. The summed E-state index contributed by atoms with van der Waals surface area (Å²) in [6.07, 6.45) is 86.1. The van der Waals surface area contributed by atoms with Gasteiger partial charge in [0.25, 0.3) is 0 Å². The van der Waals surface area contributed by atoms with Crippen molar-refractivity contribution in [3.05, 3.63) is 36.5 Å². The van der Waals surface area contributed by atoms with Crippen LogP contribution in [-0.2, 0) is 14.3 Å². The van der Waals surface area contributed by atoms with Gasteiger partial charge in [0.1, 0.15) is 0 Å². The standard InChI is InChI=1S/C72H137NO5/c1-3-5-7-9-11-13-15-17-19-21-23-24-25-26-29-32-36-40-44-48-52-56-60-64-70(75)69(68-74)73-71(76)65-61-57-53-49-45-41-37-33-30-27-28-31-35-39-43-47-51-55-59-63-67-78-72(77)66-62-58-54-50-46-42-38-34-22-20-18-16-14-12-10-8-6-4-2/h14,16,20,22,27,30,69-70,74-75H,3-13,15,17-19,21,23-26,28-29,31-68H2,1-2H3,(H,73,76)/b16-14-,22-20-,30-27-. The summed E-state index contributed by atoms with van der Waals surface area (Å²) in [6, 6.07) is -0.550. The van der Waals surface area contributed by atoms with Crippen LogP contribution in [0.1, 0.15) is 386 Å². The average molecular weight is 1100 g/mol. The molecule has 0 spiro atoms. The number of rotatable bonds is 66. The summed E-state index contributed by atoms with van der Waals surface area (Å²) in [6.45, 7) is 4.96. The zero-order valence-electron chi connectivity index (χ0n) is 52.7. The molecule has 0 aliphatic carbocycles. The van der Waals surface area contributed by atoms with Gasteiger partial charge in [0, 0.05) is 12.8 Å². The molecule has 460 valence electrons. The Bertz CT molecular complexity index is 1260. The molecule has 0 radical (unpaired) electrons. The van der Waals surface area contributed by atoms with Crippen molar-refractivity contribution in [2.24, 2.45) is 0 Å². The number of aliphatic hydroxyl groups is 2. The molecule has 0 heterocycles. The van der Waals surface area contributed by atoms with Crippen LogP contribution in [-0.4, -0.2) is 47.4 Å². The van der Waals surface area contributed by atoms with Crippen molar-refractivity contribution in [3.8, 4) is 0 Å². The highest BCUT2D eigenvalue weighted by Crippen LogP contribution is 2.18. The minimum atomic E-state index is -0.672. The van der Waals surface area contributed by atoms with Gasteiger partial charge in [0.2, 0.25) is 5.91 Å². The highest BCUT2D eigenvalue weighted by Gasteiger charge is 2.20. The van der Waals surface area contributed by atoms with E-state index in [4.69, 9.17) is 4.74 Å². The molecular weight excluding hydrogens is 959 g/mol. The summed E-state index contributed by atoms with van der Waals surface area (Å²) in [7, 11) is 0. The van der Waals surface area contributed by atoms with Gasteiger partial charge in [-0.15, -0.1) is 0 Å². The first-order chi connectivity index (χ1) is 38.5. The minimum Gasteiger partial charge on any atom is -0.466 e. The Balaban J connectivity index is 3.43. The van der Waals surface area contributed by atoms with E-state index < -0.39 is 12.1 Å².